The lowest BCUT2D eigenvalue weighted by Crippen LogP contribution is -2.21. The molecule has 0 fully saturated rings. The van der Waals surface area contributed by atoms with Gasteiger partial charge in [-0.2, -0.15) is 5.26 Å². The number of halogens is 3. The van der Waals surface area contributed by atoms with Crippen LogP contribution >= 0.6 is 23.2 Å². The first-order chi connectivity index (χ1) is 19.8. The lowest BCUT2D eigenvalue weighted by atomic mass is 9.83. The van der Waals surface area contributed by atoms with E-state index >= 15 is 0 Å². The first kappa shape index (κ1) is 27.8. The normalized spacial score (nSPS) is 14.0. The van der Waals surface area contributed by atoms with Crippen molar-refractivity contribution in [3.05, 3.63) is 128 Å². The van der Waals surface area contributed by atoms with E-state index in [0.717, 1.165) is 5.56 Å². The molecule has 10 heteroatoms. The smallest absolute Gasteiger partial charge is 0.345 e. The van der Waals surface area contributed by atoms with Crippen LogP contribution in [0.3, 0.4) is 0 Å². The van der Waals surface area contributed by atoms with Crippen LogP contribution < -0.4 is 24.7 Å². The number of ether oxygens (including phenoxy) is 4. The van der Waals surface area contributed by atoms with Crippen LogP contribution in [0.15, 0.2) is 90.3 Å². The van der Waals surface area contributed by atoms with E-state index in [-0.39, 0.29) is 40.2 Å². The molecule has 206 valence electrons. The Morgan fingerprint density at radius 2 is 1.80 bits per heavy atom. The van der Waals surface area contributed by atoms with E-state index in [4.69, 9.17) is 47.9 Å². The molecule has 0 amide bonds. The van der Waals surface area contributed by atoms with Crippen LogP contribution in [-0.2, 0) is 6.61 Å². The summed E-state index contributed by atoms with van der Waals surface area (Å²) in [6.07, 6.45) is 0. The number of rotatable bonds is 7. The Balaban J connectivity index is 1.43. The minimum Gasteiger partial charge on any atom is -0.493 e. The van der Waals surface area contributed by atoms with Gasteiger partial charge in [-0.15, -0.1) is 0 Å². The Bertz CT molecular complexity index is 1720. The van der Waals surface area contributed by atoms with Crippen LogP contribution in [-0.4, -0.2) is 13.1 Å². The summed E-state index contributed by atoms with van der Waals surface area (Å²) in [4.78, 5) is 12.7. The highest BCUT2D eigenvalue weighted by atomic mass is 35.5. The molecule has 7 nitrogen and oxygen atoms in total. The average molecular weight is 591 g/mol. The fourth-order valence-electron chi connectivity index (χ4n) is 4.38. The first-order valence-electron chi connectivity index (χ1n) is 12.2. The molecule has 0 radical (unpaired) electrons. The van der Waals surface area contributed by atoms with Crippen molar-refractivity contribution < 1.29 is 28.1 Å². The van der Waals surface area contributed by atoms with E-state index in [1.807, 2.05) is 0 Å². The van der Waals surface area contributed by atoms with Crippen LogP contribution in [0.2, 0.25) is 10.0 Å². The fourth-order valence-corrected chi connectivity index (χ4v) is 4.87. The third-order valence-electron chi connectivity index (χ3n) is 6.38. The number of benzene rings is 4. The fraction of sp³-hybridized carbons (Fsp3) is 0.0968. The zero-order valence-electron chi connectivity index (χ0n) is 21.5. The summed E-state index contributed by atoms with van der Waals surface area (Å²) in [6.45, 7) is 0.203. The second-order valence-electron chi connectivity index (χ2n) is 8.96. The Kier molecular flexibility index (Phi) is 8.02. The zero-order valence-corrected chi connectivity index (χ0v) is 23.0. The number of carbonyl (C=O) groups excluding carboxylic acids is 1. The highest BCUT2D eigenvalue weighted by Gasteiger charge is 2.32. The summed E-state index contributed by atoms with van der Waals surface area (Å²) >= 11 is 12.1. The van der Waals surface area contributed by atoms with Gasteiger partial charge in [0.15, 0.2) is 11.5 Å². The van der Waals surface area contributed by atoms with Crippen LogP contribution in [0.25, 0.3) is 0 Å². The molecule has 1 aliphatic heterocycles. The predicted molar refractivity (Wildman–Crippen MR) is 151 cm³/mol. The maximum Gasteiger partial charge on any atom is 0.345 e. The second kappa shape index (κ2) is 11.8. The molecular weight excluding hydrogens is 570 g/mol. The van der Waals surface area contributed by atoms with E-state index in [1.54, 1.807) is 42.5 Å². The molecule has 0 saturated heterocycles. The molecule has 1 unspecified atom stereocenters. The Morgan fingerprint density at radius 3 is 2.51 bits per heavy atom. The van der Waals surface area contributed by atoms with Crippen LogP contribution in [0.5, 0.6) is 23.0 Å². The first-order valence-corrected chi connectivity index (χ1v) is 13.0. The number of nitriles is 1. The van der Waals surface area contributed by atoms with Crippen molar-refractivity contribution in [2.24, 2.45) is 5.73 Å². The van der Waals surface area contributed by atoms with Gasteiger partial charge in [-0.1, -0.05) is 47.5 Å². The summed E-state index contributed by atoms with van der Waals surface area (Å²) < 4.78 is 36.0. The molecule has 0 spiro atoms. The van der Waals surface area contributed by atoms with Crippen LogP contribution in [0, 0.1) is 17.1 Å². The second-order valence-corrected chi connectivity index (χ2v) is 9.81. The molecule has 1 aliphatic rings. The molecular formula is C31H21Cl2FN2O5. The number of nitrogens with zero attached hydrogens (tertiary/aromatic N) is 1. The third kappa shape index (κ3) is 5.92. The van der Waals surface area contributed by atoms with E-state index in [2.05, 4.69) is 6.07 Å². The van der Waals surface area contributed by atoms with Crippen molar-refractivity contribution in [3.8, 4) is 29.1 Å². The van der Waals surface area contributed by atoms with Crippen LogP contribution in [0.4, 0.5) is 4.39 Å². The number of hydrogen-bond donors (Lipinski definition) is 1. The van der Waals surface area contributed by atoms with Gasteiger partial charge in [0, 0.05) is 16.7 Å². The number of fused-ring (bicyclic) bond motifs is 1. The minimum absolute atomic E-state index is 0.0789. The number of carbonyl (C=O) groups is 1. The van der Waals surface area contributed by atoms with Gasteiger partial charge < -0.3 is 24.7 Å². The van der Waals surface area contributed by atoms with Gasteiger partial charge in [-0.3, -0.25) is 0 Å². The number of methoxy groups -OCH3 is 1. The highest BCUT2D eigenvalue weighted by Crippen LogP contribution is 2.45. The Morgan fingerprint density at radius 1 is 1.02 bits per heavy atom. The SMILES string of the molecule is COc1cc(C2C(C#N)=C(N)Oc3cc(OC(=O)c4ccc(Cl)cc4Cl)ccc32)ccc1OCc1ccc(F)cc1. The Hall–Kier alpha value is -4.71. The minimum atomic E-state index is -0.679. The summed E-state index contributed by atoms with van der Waals surface area (Å²) in [5, 5.41) is 10.5. The highest BCUT2D eigenvalue weighted by molar-refractivity contribution is 6.36. The van der Waals surface area contributed by atoms with E-state index in [1.165, 1.54) is 43.5 Å². The van der Waals surface area contributed by atoms with Crippen molar-refractivity contribution >= 4 is 29.2 Å². The van der Waals surface area contributed by atoms with Gasteiger partial charge in [0.25, 0.3) is 0 Å². The maximum absolute atomic E-state index is 13.2. The van der Waals surface area contributed by atoms with Gasteiger partial charge in [0.2, 0.25) is 5.88 Å². The largest absolute Gasteiger partial charge is 0.493 e. The summed E-state index contributed by atoms with van der Waals surface area (Å²) in [5.41, 5.74) is 8.60. The standard InChI is InChI=1S/C31H21Cl2FN2O5/c1-38-28-12-18(4-11-26(28)39-16-17-2-6-20(34)7-3-17)29-23-10-8-21(14-27(23)41-30(36)24(29)15-35)40-31(37)22-9-5-19(32)13-25(22)33/h2-14,29H,16,36H2,1H3. The van der Waals surface area contributed by atoms with Crippen LogP contribution in [0.1, 0.15) is 33.0 Å². The number of esters is 1. The predicted octanol–water partition coefficient (Wildman–Crippen LogP) is 7.16. The quantitative estimate of drug-likeness (QED) is 0.180. The van der Waals surface area contributed by atoms with Gasteiger partial charge in [0.05, 0.1) is 23.6 Å². The van der Waals surface area contributed by atoms with E-state index in [0.29, 0.717) is 33.4 Å². The van der Waals surface area contributed by atoms with Crippen molar-refractivity contribution in [1.29, 1.82) is 5.26 Å². The number of hydrogen-bond acceptors (Lipinski definition) is 7. The Labute approximate surface area is 245 Å². The topological polar surface area (TPSA) is 104 Å². The average Bonchev–Trinajstić information content (AvgIpc) is 2.96. The van der Waals surface area contributed by atoms with Gasteiger partial charge >= 0.3 is 5.97 Å². The lowest BCUT2D eigenvalue weighted by Gasteiger charge is -2.27. The van der Waals surface area contributed by atoms with Crippen molar-refractivity contribution in [3.63, 3.8) is 0 Å². The van der Waals surface area contributed by atoms with Gasteiger partial charge in [-0.05, 0) is 59.7 Å². The lowest BCUT2D eigenvalue weighted by molar-refractivity contribution is 0.0734. The van der Waals surface area contributed by atoms with Crippen molar-refractivity contribution in [1.82, 2.24) is 0 Å². The summed E-state index contributed by atoms with van der Waals surface area (Å²) in [6, 6.07) is 22.7. The van der Waals surface area contributed by atoms with E-state index < -0.39 is 11.9 Å². The third-order valence-corrected chi connectivity index (χ3v) is 6.93. The van der Waals surface area contributed by atoms with Gasteiger partial charge in [-0.25, -0.2) is 9.18 Å². The van der Waals surface area contributed by atoms with Gasteiger partial charge in [0.1, 0.15) is 35.6 Å². The zero-order chi connectivity index (χ0) is 29.1. The summed E-state index contributed by atoms with van der Waals surface area (Å²) in [5.74, 6) is -0.289. The molecule has 0 saturated carbocycles. The van der Waals surface area contributed by atoms with Crippen molar-refractivity contribution in [2.45, 2.75) is 12.5 Å². The van der Waals surface area contributed by atoms with Crippen molar-refractivity contribution in [2.75, 3.05) is 7.11 Å². The molecule has 5 rings (SSSR count). The molecule has 0 aliphatic carbocycles. The molecule has 1 heterocycles. The maximum atomic E-state index is 13.2. The molecule has 41 heavy (non-hydrogen) atoms. The monoisotopic (exact) mass is 590 g/mol. The molecule has 2 N–H and O–H groups in total. The summed E-state index contributed by atoms with van der Waals surface area (Å²) in [7, 11) is 1.50. The molecule has 4 aromatic carbocycles. The molecule has 4 aromatic rings. The molecule has 1 atom stereocenters. The number of allylic oxidation sites excluding steroid dienone is 1. The number of nitrogens with two attached hydrogens (primary N) is 1. The van der Waals surface area contributed by atoms with E-state index in [9.17, 15) is 14.4 Å². The molecule has 0 bridgehead atoms. The molecule has 0 aromatic heterocycles.